The Morgan fingerprint density at radius 3 is 1.80 bits per heavy atom. The second kappa shape index (κ2) is 16.0. The molecular formula is C66H41N7S. The third-order valence-electron chi connectivity index (χ3n) is 15.5. The number of aliphatic imine (C=N–C) groups is 1. The fourth-order valence-corrected chi connectivity index (χ4v) is 13.7. The van der Waals surface area contributed by atoms with E-state index < -0.39 is 5.41 Å². The van der Waals surface area contributed by atoms with Gasteiger partial charge in [-0.05, 0) is 144 Å². The van der Waals surface area contributed by atoms with Crippen LogP contribution < -0.4 is 0 Å². The van der Waals surface area contributed by atoms with Gasteiger partial charge in [-0.1, -0.05) is 115 Å². The van der Waals surface area contributed by atoms with Gasteiger partial charge in [0.2, 0.25) is 0 Å². The normalized spacial score (nSPS) is 15.0. The quantitative estimate of drug-likeness (QED) is 0.156. The van der Waals surface area contributed by atoms with Gasteiger partial charge >= 0.3 is 0 Å². The third-order valence-corrected chi connectivity index (χ3v) is 16.6. The number of hydrogen-bond acceptors (Lipinski definition) is 5. The molecule has 0 saturated heterocycles. The molecule has 0 bridgehead atoms. The largest absolute Gasteiger partial charge is 0.309 e. The summed E-state index contributed by atoms with van der Waals surface area (Å²) in [5.74, 6) is 0. The molecule has 1 spiro atoms. The molecule has 0 fully saturated rings. The highest BCUT2D eigenvalue weighted by Gasteiger charge is 2.52. The van der Waals surface area contributed by atoms with Gasteiger partial charge in [0.1, 0.15) is 0 Å². The van der Waals surface area contributed by atoms with E-state index in [-0.39, 0.29) is 0 Å². The number of rotatable bonds is 6. The zero-order valence-corrected chi connectivity index (χ0v) is 40.8. The highest BCUT2D eigenvalue weighted by Crippen LogP contribution is 2.62. The number of nitriles is 1. The molecule has 15 rings (SSSR count). The van der Waals surface area contributed by atoms with Crippen LogP contribution in [0.3, 0.4) is 0 Å². The maximum atomic E-state index is 9.94. The van der Waals surface area contributed by atoms with Gasteiger partial charge in [-0.2, -0.15) is 5.26 Å². The second-order valence-corrected chi connectivity index (χ2v) is 20.2. The molecule has 6 heterocycles. The van der Waals surface area contributed by atoms with Crippen molar-refractivity contribution in [3.8, 4) is 34.3 Å². The van der Waals surface area contributed by atoms with Crippen molar-refractivity contribution in [2.24, 2.45) is 4.99 Å². The van der Waals surface area contributed by atoms with Crippen molar-refractivity contribution in [3.05, 3.63) is 252 Å². The van der Waals surface area contributed by atoms with Crippen molar-refractivity contribution in [1.29, 1.82) is 5.26 Å². The van der Waals surface area contributed by atoms with E-state index in [1.54, 1.807) is 11.8 Å². The lowest BCUT2D eigenvalue weighted by Crippen LogP contribution is -2.33. The zero-order valence-electron chi connectivity index (χ0n) is 40.0. The third kappa shape index (κ3) is 5.70. The molecule has 1 atom stereocenters. The van der Waals surface area contributed by atoms with Crippen molar-refractivity contribution >= 4 is 89.6 Å². The van der Waals surface area contributed by atoms with E-state index in [9.17, 15) is 5.26 Å². The fourth-order valence-electron chi connectivity index (χ4n) is 12.5. The lowest BCUT2D eigenvalue weighted by Gasteiger charge is -2.40. The Bertz CT molecular complexity index is 4660. The number of para-hydroxylation sites is 4. The van der Waals surface area contributed by atoms with Gasteiger partial charge in [0.05, 0.1) is 79.1 Å². The number of nitrogens with zero attached hydrogens (tertiary/aromatic N) is 7. The van der Waals surface area contributed by atoms with Crippen LogP contribution in [0.15, 0.2) is 239 Å². The monoisotopic (exact) mass is 963 g/mol. The van der Waals surface area contributed by atoms with Gasteiger partial charge in [-0.3, -0.25) is 15.0 Å². The minimum atomic E-state index is -0.801. The smallest absolute Gasteiger partial charge is 0.0991 e. The maximum absolute atomic E-state index is 9.94. The number of allylic oxidation sites excluding steroid dienone is 3. The van der Waals surface area contributed by atoms with E-state index in [4.69, 9.17) is 15.0 Å². The fraction of sp³-hybridized carbons (Fsp3) is 0.0303. The van der Waals surface area contributed by atoms with Crippen LogP contribution in [0.5, 0.6) is 0 Å². The van der Waals surface area contributed by atoms with Crippen molar-refractivity contribution in [3.63, 3.8) is 0 Å². The molecule has 1 aliphatic heterocycles. The average molecular weight is 964 g/mol. The summed E-state index contributed by atoms with van der Waals surface area (Å²) in [5.41, 5.74) is 17.8. The molecular weight excluding hydrogens is 923 g/mol. The predicted octanol–water partition coefficient (Wildman–Crippen LogP) is 16.1. The number of hydrogen-bond donors (Lipinski definition) is 0. The van der Waals surface area contributed by atoms with Crippen molar-refractivity contribution in [2.75, 3.05) is 0 Å². The van der Waals surface area contributed by atoms with Crippen LogP contribution in [0.2, 0.25) is 0 Å². The van der Waals surface area contributed by atoms with Gasteiger partial charge in [-0.15, -0.1) is 0 Å². The highest BCUT2D eigenvalue weighted by atomic mass is 32.2. The molecule has 0 radical (unpaired) electrons. The number of pyridine rings is 2. The Kier molecular flexibility index (Phi) is 9.10. The van der Waals surface area contributed by atoms with Crippen LogP contribution in [-0.2, 0) is 5.41 Å². The first kappa shape index (κ1) is 42.2. The summed E-state index contributed by atoms with van der Waals surface area (Å²) in [6, 6.07) is 70.1. The Hall–Kier alpha value is -9.55. The Balaban J connectivity index is 0.950. The summed E-state index contributed by atoms with van der Waals surface area (Å²) in [6.07, 6.45) is 10.1. The maximum Gasteiger partial charge on any atom is 0.0991 e. The average Bonchev–Trinajstić information content (AvgIpc) is 4.24. The molecule has 8 aromatic carbocycles. The van der Waals surface area contributed by atoms with Gasteiger partial charge in [-0.25, -0.2) is 0 Å². The van der Waals surface area contributed by atoms with E-state index in [0.717, 1.165) is 116 Å². The Morgan fingerprint density at radius 2 is 1.11 bits per heavy atom. The highest BCUT2D eigenvalue weighted by molar-refractivity contribution is 7.99. The van der Waals surface area contributed by atoms with Crippen LogP contribution in [0.1, 0.15) is 34.9 Å². The minimum absolute atomic E-state index is 0.636. The molecule has 13 aromatic rings. The standard InChI is InChI=1S/C66H41N7S/c1-3-13-50-64(68-2)65-51(18-12-32-70-65)66(50)52-36-42(25-29-62(52)74-63-30-26-43(37-53(63)66)71-54-19-8-6-16-46(54)48-34-40(38-67)23-27-58(48)71)41-24-28-59-49(35-41)47-17-7-11-22-57(47)73(59)61-39-69-33-31-60(61)72-55-20-9-4-14-44(55)45-15-5-10-21-56(45)72/h3-37,39H,2H2,1H3/b13-3-. The molecule has 0 N–H and O–H groups in total. The van der Waals surface area contributed by atoms with Crippen molar-refractivity contribution in [2.45, 2.75) is 22.1 Å². The summed E-state index contributed by atoms with van der Waals surface area (Å²) >= 11 is 1.81. The summed E-state index contributed by atoms with van der Waals surface area (Å²) in [4.78, 5) is 16.9. The molecule has 346 valence electrons. The molecule has 1 aliphatic carbocycles. The molecule has 2 aliphatic rings. The molecule has 0 saturated carbocycles. The van der Waals surface area contributed by atoms with Crippen molar-refractivity contribution < 1.29 is 0 Å². The number of aromatic nitrogens is 5. The van der Waals surface area contributed by atoms with E-state index >= 15 is 0 Å². The molecule has 7 nitrogen and oxygen atoms in total. The summed E-state index contributed by atoms with van der Waals surface area (Å²) in [6.45, 7) is 6.24. The SMILES string of the molecule is C=NC1=C(/C=C\C)C2(c3cc(-c4ccc5c(c4)c4ccccc4n5-c4cnccc4-n4c5ccccc5c5ccccc54)ccc3Sc3ccc(-n4c5ccccc5c5cc(C#N)ccc54)cc32)c2cccnc21. The summed E-state index contributed by atoms with van der Waals surface area (Å²) < 4.78 is 7.10. The first-order chi connectivity index (χ1) is 36.6. The van der Waals surface area contributed by atoms with Crippen LogP contribution in [0.4, 0.5) is 0 Å². The van der Waals surface area contributed by atoms with E-state index in [1.807, 2.05) is 36.8 Å². The summed E-state index contributed by atoms with van der Waals surface area (Å²) in [5, 5.41) is 16.8. The Labute approximate surface area is 430 Å². The molecule has 8 heteroatoms. The molecule has 1 unspecified atom stereocenters. The van der Waals surface area contributed by atoms with E-state index in [0.29, 0.717) is 5.56 Å². The van der Waals surface area contributed by atoms with Crippen LogP contribution in [0.25, 0.3) is 99.3 Å². The van der Waals surface area contributed by atoms with Crippen molar-refractivity contribution in [1.82, 2.24) is 23.7 Å². The van der Waals surface area contributed by atoms with Crippen LogP contribution in [0, 0.1) is 11.3 Å². The number of benzene rings is 8. The number of fused-ring (bicyclic) bond motifs is 15. The van der Waals surface area contributed by atoms with E-state index in [2.05, 4.69) is 215 Å². The Morgan fingerprint density at radius 1 is 0.541 bits per heavy atom. The van der Waals surface area contributed by atoms with Gasteiger partial charge in [0.25, 0.3) is 0 Å². The molecule has 5 aromatic heterocycles. The van der Waals surface area contributed by atoms with Gasteiger partial charge in [0.15, 0.2) is 0 Å². The van der Waals surface area contributed by atoms with Crippen LogP contribution >= 0.6 is 11.8 Å². The minimum Gasteiger partial charge on any atom is -0.309 e. The molecule has 74 heavy (non-hydrogen) atoms. The molecule has 0 amide bonds. The lowest BCUT2D eigenvalue weighted by atomic mass is 9.66. The van der Waals surface area contributed by atoms with Crippen LogP contribution in [-0.4, -0.2) is 30.4 Å². The predicted molar refractivity (Wildman–Crippen MR) is 303 cm³/mol. The second-order valence-electron chi connectivity index (χ2n) is 19.1. The lowest BCUT2D eigenvalue weighted by molar-refractivity contribution is 0.712. The summed E-state index contributed by atoms with van der Waals surface area (Å²) in [7, 11) is 0. The van der Waals surface area contributed by atoms with Gasteiger partial charge < -0.3 is 13.7 Å². The first-order valence-electron chi connectivity index (χ1n) is 24.8. The van der Waals surface area contributed by atoms with E-state index in [1.165, 1.54) is 21.2 Å². The zero-order chi connectivity index (χ0) is 49.2. The van der Waals surface area contributed by atoms with Gasteiger partial charge in [0, 0.05) is 60.2 Å². The first-order valence-corrected chi connectivity index (χ1v) is 25.6. The topological polar surface area (TPSA) is 76.7 Å².